The first kappa shape index (κ1) is 23.5. The topological polar surface area (TPSA) is 129 Å². The van der Waals surface area contributed by atoms with E-state index in [0.29, 0.717) is 17.0 Å². The number of ether oxygens (including phenoxy) is 1. The maximum Gasteiger partial charge on any atom is 0.277 e. The number of nitrogens with two attached hydrogens (primary N) is 1. The number of hydrogen-bond donors (Lipinski definition) is 5. The van der Waals surface area contributed by atoms with Gasteiger partial charge >= 0.3 is 0 Å². The third kappa shape index (κ3) is 5.17. The van der Waals surface area contributed by atoms with Crippen LogP contribution in [0.25, 0.3) is 11.3 Å². The standard InChI is InChI=1S/C20H22FN3O5S2/c1-19(27)9-29-14-8-13(21)11(3-4-20(28,30)5-6-24(2)10-25)7-12(14)15-16(19)31-18(23-15)17(22)26/h7-8,25,27-28,30H,5-6,9-10H2,1-2H3,(H2,22,26). The van der Waals surface area contributed by atoms with E-state index in [1.165, 1.54) is 13.0 Å². The molecule has 2 aromatic rings. The highest BCUT2D eigenvalue weighted by Crippen LogP contribution is 2.44. The molecule has 1 amide bonds. The highest BCUT2D eigenvalue weighted by atomic mass is 32.1. The second-order valence-corrected chi connectivity index (χ2v) is 9.23. The van der Waals surface area contributed by atoms with Crippen LogP contribution in [-0.4, -0.2) is 63.0 Å². The fourth-order valence-electron chi connectivity index (χ4n) is 2.86. The molecule has 0 saturated heterocycles. The molecule has 31 heavy (non-hydrogen) atoms. The molecule has 1 aromatic heterocycles. The Bertz CT molecular complexity index is 1070. The maximum absolute atomic E-state index is 14.7. The quantitative estimate of drug-likeness (QED) is 0.251. The molecule has 0 fully saturated rings. The van der Waals surface area contributed by atoms with E-state index in [4.69, 9.17) is 15.6 Å². The molecule has 0 spiro atoms. The first-order valence-corrected chi connectivity index (χ1v) is 10.5. The predicted octanol–water partition coefficient (Wildman–Crippen LogP) is 0.890. The van der Waals surface area contributed by atoms with Crippen molar-refractivity contribution in [2.24, 2.45) is 5.73 Å². The van der Waals surface area contributed by atoms with Gasteiger partial charge in [0.15, 0.2) is 9.94 Å². The van der Waals surface area contributed by atoms with Gasteiger partial charge in [-0.15, -0.1) is 24.0 Å². The number of nitrogens with zero attached hydrogens (tertiary/aromatic N) is 2. The molecule has 1 aliphatic heterocycles. The minimum atomic E-state index is -1.71. The maximum atomic E-state index is 14.7. The Hall–Kier alpha value is -2.20. The number of carbonyl (C=O) groups excluding carboxylic acids is 1. The summed E-state index contributed by atoms with van der Waals surface area (Å²) in [5, 5.41) is 30.1. The van der Waals surface area contributed by atoms with Gasteiger partial charge in [-0.05, 0) is 20.0 Å². The van der Waals surface area contributed by atoms with Crippen molar-refractivity contribution < 1.29 is 29.2 Å². The summed E-state index contributed by atoms with van der Waals surface area (Å²) in [4.78, 5) is 16.0. The molecule has 1 aliphatic rings. The van der Waals surface area contributed by atoms with Gasteiger partial charge in [-0.1, -0.05) is 11.8 Å². The van der Waals surface area contributed by atoms with Crippen molar-refractivity contribution in [2.75, 3.05) is 26.9 Å². The van der Waals surface area contributed by atoms with E-state index in [0.717, 1.165) is 17.4 Å². The Morgan fingerprint density at radius 2 is 2.26 bits per heavy atom. The third-order valence-corrected chi connectivity index (χ3v) is 6.30. The molecule has 166 valence electrons. The molecule has 8 nitrogen and oxygen atoms in total. The van der Waals surface area contributed by atoms with Crippen LogP contribution in [0.3, 0.4) is 0 Å². The van der Waals surface area contributed by atoms with Crippen LogP contribution >= 0.6 is 24.0 Å². The van der Waals surface area contributed by atoms with Crippen molar-refractivity contribution in [3.05, 3.63) is 33.4 Å². The Morgan fingerprint density at radius 3 is 2.90 bits per heavy atom. The van der Waals surface area contributed by atoms with Crippen LogP contribution in [0.15, 0.2) is 12.1 Å². The van der Waals surface area contributed by atoms with Crippen molar-refractivity contribution in [3.8, 4) is 28.8 Å². The molecule has 11 heteroatoms. The summed E-state index contributed by atoms with van der Waals surface area (Å²) in [6, 6.07) is 2.50. The number of benzene rings is 1. The van der Waals surface area contributed by atoms with Crippen LogP contribution < -0.4 is 10.5 Å². The second-order valence-electron chi connectivity index (χ2n) is 7.49. The largest absolute Gasteiger partial charge is 0.489 e. The number of halogens is 1. The third-order valence-electron chi connectivity index (χ3n) is 4.64. The molecule has 2 heterocycles. The van der Waals surface area contributed by atoms with Crippen molar-refractivity contribution in [3.63, 3.8) is 0 Å². The van der Waals surface area contributed by atoms with Gasteiger partial charge in [0.2, 0.25) is 0 Å². The van der Waals surface area contributed by atoms with Gasteiger partial charge in [-0.2, -0.15) is 0 Å². The Labute approximate surface area is 187 Å². The van der Waals surface area contributed by atoms with Gasteiger partial charge in [0.1, 0.15) is 23.8 Å². The first-order chi connectivity index (χ1) is 14.4. The van der Waals surface area contributed by atoms with E-state index in [2.05, 4.69) is 29.5 Å². The Balaban J connectivity index is 2.04. The van der Waals surface area contributed by atoms with Crippen LogP contribution in [0.2, 0.25) is 0 Å². The number of amides is 1. The lowest BCUT2D eigenvalue weighted by atomic mass is 10.0. The van der Waals surface area contributed by atoms with Crippen LogP contribution in [0.4, 0.5) is 4.39 Å². The zero-order valence-electron chi connectivity index (χ0n) is 16.8. The minimum absolute atomic E-state index is 0.00724. The zero-order valence-corrected chi connectivity index (χ0v) is 18.6. The van der Waals surface area contributed by atoms with Crippen molar-refractivity contribution >= 4 is 29.9 Å². The Morgan fingerprint density at radius 1 is 1.55 bits per heavy atom. The molecule has 0 radical (unpaired) electrons. The molecule has 0 aliphatic carbocycles. The fraction of sp³-hybridized carbons (Fsp3) is 0.400. The number of hydrogen-bond acceptors (Lipinski definition) is 9. The summed E-state index contributed by atoms with van der Waals surface area (Å²) >= 11 is 5.05. The molecule has 0 bridgehead atoms. The van der Waals surface area contributed by atoms with E-state index in [-0.39, 0.29) is 41.8 Å². The van der Waals surface area contributed by atoms with Gasteiger partial charge in [-0.3, -0.25) is 9.69 Å². The van der Waals surface area contributed by atoms with Gasteiger partial charge < -0.3 is 25.8 Å². The summed E-state index contributed by atoms with van der Waals surface area (Å²) in [7, 11) is 1.66. The lowest BCUT2D eigenvalue weighted by molar-refractivity contribution is 0.0131. The van der Waals surface area contributed by atoms with E-state index >= 15 is 0 Å². The lowest BCUT2D eigenvalue weighted by Gasteiger charge is -2.19. The predicted molar refractivity (Wildman–Crippen MR) is 116 cm³/mol. The highest BCUT2D eigenvalue weighted by molar-refractivity contribution is 7.81. The second kappa shape index (κ2) is 8.74. The van der Waals surface area contributed by atoms with Crippen molar-refractivity contribution in [1.29, 1.82) is 0 Å². The minimum Gasteiger partial charge on any atom is -0.489 e. The van der Waals surface area contributed by atoms with Crippen LogP contribution in [0.1, 0.15) is 33.6 Å². The van der Waals surface area contributed by atoms with Crippen LogP contribution in [0.5, 0.6) is 5.75 Å². The number of thiol groups is 1. The summed E-state index contributed by atoms with van der Waals surface area (Å²) in [5.41, 5.74) is 4.42. The number of aromatic nitrogens is 1. The number of fused-ring (bicyclic) bond motifs is 3. The number of carbonyl (C=O) groups is 1. The van der Waals surface area contributed by atoms with Gasteiger partial charge in [0.05, 0.1) is 22.9 Å². The van der Waals surface area contributed by atoms with E-state index in [1.807, 2.05) is 0 Å². The van der Waals surface area contributed by atoms with Gasteiger partial charge in [0, 0.05) is 24.6 Å². The molecule has 2 atom stereocenters. The van der Waals surface area contributed by atoms with E-state index in [9.17, 15) is 19.4 Å². The number of thiazole rings is 1. The molecule has 0 saturated carbocycles. The number of rotatable bonds is 5. The normalized spacial score (nSPS) is 19.4. The summed E-state index contributed by atoms with van der Waals surface area (Å²) < 4.78 is 20.3. The molecule has 3 rings (SSSR count). The number of aliphatic hydroxyl groups is 3. The summed E-state index contributed by atoms with van der Waals surface area (Å²) in [6.45, 7) is 1.46. The van der Waals surface area contributed by atoms with Crippen molar-refractivity contribution in [1.82, 2.24) is 9.88 Å². The van der Waals surface area contributed by atoms with Crippen LogP contribution in [-0.2, 0) is 5.60 Å². The average Bonchev–Trinajstić information content (AvgIpc) is 3.13. The lowest BCUT2D eigenvalue weighted by Crippen LogP contribution is -2.28. The molecular weight excluding hydrogens is 445 g/mol. The SMILES string of the molecule is CN(CO)CCC(O)(S)C#Cc1cc2c(cc1F)OCC(C)(O)c1sc(C(N)=O)nc1-2. The first-order valence-electron chi connectivity index (χ1n) is 9.21. The molecule has 5 N–H and O–H groups in total. The summed E-state index contributed by atoms with van der Waals surface area (Å²) in [5.74, 6) is 3.79. The summed E-state index contributed by atoms with van der Waals surface area (Å²) in [6.07, 6.45) is 0.108. The zero-order chi connectivity index (χ0) is 23.0. The molecular formula is C20H22FN3O5S2. The highest BCUT2D eigenvalue weighted by Gasteiger charge is 2.36. The fourth-order valence-corrected chi connectivity index (χ4v) is 3.98. The number of primary amides is 1. The smallest absolute Gasteiger partial charge is 0.277 e. The monoisotopic (exact) mass is 467 g/mol. The van der Waals surface area contributed by atoms with Crippen LogP contribution in [0, 0.1) is 17.7 Å². The van der Waals surface area contributed by atoms with E-state index < -0.39 is 22.3 Å². The van der Waals surface area contributed by atoms with Gasteiger partial charge in [0.25, 0.3) is 5.91 Å². The molecule has 1 aromatic carbocycles. The average molecular weight is 468 g/mol. The van der Waals surface area contributed by atoms with Gasteiger partial charge in [-0.25, -0.2) is 9.37 Å². The van der Waals surface area contributed by atoms with Crippen molar-refractivity contribution in [2.45, 2.75) is 23.9 Å². The van der Waals surface area contributed by atoms with E-state index in [1.54, 1.807) is 11.9 Å². The number of aliphatic hydroxyl groups excluding tert-OH is 1. The Kier molecular flexibility index (Phi) is 6.61. The molecule has 2 unspecified atom stereocenters.